The van der Waals surface area contributed by atoms with Crippen molar-refractivity contribution in [3.63, 3.8) is 0 Å². The minimum Gasteiger partial charge on any atom is -0.472 e. The number of ether oxygens (including phenoxy) is 1. The van der Waals surface area contributed by atoms with E-state index in [9.17, 15) is 4.39 Å². The molecule has 160 valence electrons. The maximum absolute atomic E-state index is 13.1. The molecule has 4 rings (SSSR count). The normalized spacial score (nSPS) is 15.5. The molecule has 0 amide bonds. The van der Waals surface area contributed by atoms with Crippen LogP contribution in [0.3, 0.4) is 0 Å². The van der Waals surface area contributed by atoms with Crippen molar-refractivity contribution in [1.82, 2.24) is 9.97 Å². The Balaban J connectivity index is 1.42. The lowest BCUT2D eigenvalue weighted by molar-refractivity contribution is 0.195. The van der Waals surface area contributed by atoms with Crippen molar-refractivity contribution in [2.45, 2.75) is 26.4 Å². The SMILES string of the molecule is CC(C)CC1CN=C(c2ccc(Nc3ncc(Br)c(Nc4ccc(F)cc4)n3)cc2)O1. The van der Waals surface area contributed by atoms with Gasteiger partial charge in [0.1, 0.15) is 17.7 Å². The van der Waals surface area contributed by atoms with Gasteiger partial charge in [0.15, 0.2) is 0 Å². The fourth-order valence-electron chi connectivity index (χ4n) is 3.24. The van der Waals surface area contributed by atoms with Crippen molar-refractivity contribution in [3.05, 3.63) is 70.6 Å². The first-order valence-corrected chi connectivity index (χ1v) is 10.9. The van der Waals surface area contributed by atoms with Crippen molar-refractivity contribution in [2.75, 3.05) is 17.2 Å². The Bertz CT molecular complexity index is 1070. The van der Waals surface area contributed by atoms with Gasteiger partial charge in [-0.25, -0.2) is 14.4 Å². The third-order valence-electron chi connectivity index (χ3n) is 4.69. The van der Waals surface area contributed by atoms with Crippen molar-refractivity contribution in [2.24, 2.45) is 10.9 Å². The zero-order chi connectivity index (χ0) is 21.8. The van der Waals surface area contributed by atoms with Gasteiger partial charge in [-0.2, -0.15) is 4.98 Å². The molecule has 8 heteroatoms. The minimum atomic E-state index is -0.289. The lowest BCUT2D eigenvalue weighted by atomic mass is 10.1. The molecule has 2 N–H and O–H groups in total. The maximum Gasteiger partial charge on any atom is 0.229 e. The highest BCUT2D eigenvalue weighted by molar-refractivity contribution is 9.10. The first kappa shape index (κ1) is 21.2. The van der Waals surface area contributed by atoms with Crippen LogP contribution in [-0.4, -0.2) is 28.5 Å². The fraction of sp³-hybridized carbons (Fsp3) is 0.261. The van der Waals surface area contributed by atoms with Crippen LogP contribution in [0.4, 0.5) is 27.5 Å². The van der Waals surface area contributed by atoms with Crippen LogP contribution in [0.5, 0.6) is 0 Å². The number of aromatic nitrogens is 2. The van der Waals surface area contributed by atoms with Crippen LogP contribution in [0, 0.1) is 11.7 Å². The highest BCUT2D eigenvalue weighted by Gasteiger charge is 2.21. The molecule has 0 aliphatic carbocycles. The quantitative estimate of drug-likeness (QED) is 0.427. The predicted octanol–water partition coefficient (Wildman–Crippen LogP) is 6.06. The van der Waals surface area contributed by atoms with Crippen LogP contribution in [0.15, 0.2) is 64.2 Å². The van der Waals surface area contributed by atoms with Gasteiger partial charge in [0.25, 0.3) is 0 Å². The lowest BCUT2D eigenvalue weighted by Gasteiger charge is -2.13. The maximum atomic E-state index is 13.1. The van der Waals surface area contributed by atoms with Gasteiger partial charge in [-0.3, -0.25) is 0 Å². The summed E-state index contributed by atoms with van der Waals surface area (Å²) >= 11 is 3.44. The molecule has 1 atom stereocenters. The van der Waals surface area contributed by atoms with E-state index in [-0.39, 0.29) is 11.9 Å². The van der Waals surface area contributed by atoms with Crippen LogP contribution < -0.4 is 10.6 Å². The Morgan fingerprint density at radius 1 is 1.06 bits per heavy atom. The standard InChI is InChI=1S/C23H23BrFN5O/c1-14(2)11-19-12-26-22(31-19)15-3-7-18(8-4-15)29-23-27-13-20(24)21(30-23)28-17-9-5-16(25)6-10-17/h3-10,13-14,19H,11-12H2,1-2H3,(H2,27,28,29,30). The molecule has 31 heavy (non-hydrogen) atoms. The molecule has 1 aliphatic rings. The third kappa shape index (κ3) is 5.58. The number of halogens is 2. The van der Waals surface area contributed by atoms with E-state index in [1.54, 1.807) is 18.3 Å². The molecule has 0 bridgehead atoms. The largest absolute Gasteiger partial charge is 0.472 e. The van der Waals surface area contributed by atoms with E-state index in [1.165, 1.54) is 12.1 Å². The second kappa shape index (κ2) is 9.43. The van der Waals surface area contributed by atoms with E-state index < -0.39 is 0 Å². The molecule has 2 heterocycles. The molecular formula is C23H23BrFN5O. The first-order valence-electron chi connectivity index (χ1n) is 10.1. The van der Waals surface area contributed by atoms with E-state index >= 15 is 0 Å². The van der Waals surface area contributed by atoms with Crippen molar-refractivity contribution in [1.29, 1.82) is 0 Å². The molecule has 0 spiro atoms. The van der Waals surface area contributed by atoms with E-state index in [1.807, 2.05) is 24.3 Å². The Labute approximate surface area is 189 Å². The molecule has 3 aromatic rings. The van der Waals surface area contributed by atoms with Crippen LogP contribution in [0.25, 0.3) is 0 Å². The average molecular weight is 484 g/mol. The van der Waals surface area contributed by atoms with E-state index in [0.29, 0.717) is 34.6 Å². The molecule has 0 saturated carbocycles. The van der Waals surface area contributed by atoms with Gasteiger partial charge in [0.05, 0.1) is 11.0 Å². The Kier molecular flexibility index (Phi) is 6.46. The number of nitrogens with zero attached hydrogens (tertiary/aromatic N) is 3. The average Bonchev–Trinajstić information content (AvgIpc) is 3.20. The topological polar surface area (TPSA) is 71.4 Å². The van der Waals surface area contributed by atoms with Crippen LogP contribution in [0.2, 0.25) is 0 Å². The van der Waals surface area contributed by atoms with E-state index in [4.69, 9.17) is 4.74 Å². The summed E-state index contributed by atoms with van der Waals surface area (Å²) in [5.74, 6) is 2.00. The van der Waals surface area contributed by atoms with Crippen molar-refractivity contribution in [3.8, 4) is 0 Å². The van der Waals surface area contributed by atoms with Gasteiger partial charge in [0.2, 0.25) is 11.8 Å². The van der Waals surface area contributed by atoms with Crippen LogP contribution in [-0.2, 0) is 4.74 Å². The summed E-state index contributed by atoms with van der Waals surface area (Å²) in [4.78, 5) is 13.3. The molecule has 6 nitrogen and oxygen atoms in total. The van der Waals surface area contributed by atoms with Gasteiger partial charge >= 0.3 is 0 Å². The van der Waals surface area contributed by atoms with Crippen molar-refractivity contribution >= 4 is 45.0 Å². The summed E-state index contributed by atoms with van der Waals surface area (Å²) in [6.07, 6.45) is 2.82. The fourth-order valence-corrected chi connectivity index (χ4v) is 3.53. The molecule has 1 aliphatic heterocycles. The summed E-state index contributed by atoms with van der Waals surface area (Å²) in [6.45, 7) is 5.09. The number of hydrogen-bond donors (Lipinski definition) is 2. The Morgan fingerprint density at radius 3 is 2.45 bits per heavy atom. The molecule has 2 aromatic carbocycles. The van der Waals surface area contributed by atoms with Gasteiger partial charge in [-0.15, -0.1) is 0 Å². The summed E-state index contributed by atoms with van der Waals surface area (Å²) < 4.78 is 19.8. The molecule has 1 aromatic heterocycles. The summed E-state index contributed by atoms with van der Waals surface area (Å²) in [5, 5.41) is 6.35. The molecule has 0 saturated heterocycles. The number of nitrogens with one attached hydrogen (secondary N) is 2. The van der Waals surface area contributed by atoms with Gasteiger partial charge in [-0.1, -0.05) is 13.8 Å². The summed E-state index contributed by atoms with van der Waals surface area (Å²) in [6, 6.07) is 13.9. The van der Waals surface area contributed by atoms with Crippen molar-refractivity contribution < 1.29 is 9.13 Å². The zero-order valence-electron chi connectivity index (χ0n) is 17.3. The smallest absolute Gasteiger partial charge is 0.229 e. The summed E-state index contributed by atoms with van der Waals surface area (Å²) in [7, 11) is 0. The van der Waals surface area contributed by atoms with E-state index in [2.05, 4.69) is 55.4 Å². The van der Waals surface area contributed by atoms with Crippen LogP contribution >= 0.6 is 15.9 Å². The highest BCUT2D eigenvalue weighted by Crippen LogP contribution is 2.26. The minimum absolute atomic E-state index is 0.163. The third-order valence-corrected chi connectivity index (χ3v) is 5.27. The molecule has 0 fully saturated rings. The van der Waals surface area contributed by atoms with E-state index in [0.717, 1.165) is 23.4 Å². The lowest BCUT2D eigenvalue weighted by Crippen LogP contribution is -2.16. The Morgan fingerprint density at radius 2 is 1.74 bits per heavy atom. The zero-order valence-corrected chi connectivity index (χ0v) is 18.9. The molecule has 1 unspecified atom stereocenters. The molecular weight excluding hydrogens is 461 g/mol. The number of hydrogen-bond acceptors (Lipinski definition) is 6. The van der Waals surface area contributed by atoms with Gasteiger partial charge < -0.3 is 15.4 Å². The van der Waals surface area contributed by atoms with Gasteiger partial charge in [0, 0.05) is 23.1 Å². The number of aliphatic imine (C=N–C) groups is 1. The monoisotopic (exact) mass is 483 g/mol. The van der Waals surface area contributed by atoms with Crippen LogP contribution in [0.1, 0.15) is 25.8 Å². The number of rotatable bonds is 7. The molecule has 0 radical (unpaired) electrons. The number of anilines is 4. The summed E-state index contributed by atoms with van der Waals surface area (Å²) in [5.41, 5.74) is 2.52. The first-order chi connectivity index (χ1) is 15.0. The second-order valence-corrected chi connectivity index (χ2v) is 8.59. The second-order valence-electron chi connectivity index (χ2n) is 7.74. The Hall–Kier alpha value is -3.00. The highest BCUT2D eigenvalue weighted by atomic mass is 79.9. The number of benzene rings is 2. The predicted molar refractivity (Wildman–Crippen MR) is 125 cm³/mol. The van der Waals surface area contributed by atoms with Gasteiger partial charge in [-0.05, 0) is 76.8 Å².